The van der Waals surface area contributed by atoms with E-state index in [-0.39, 0.29) is 60.9 Å². The topological polar surface area (TPSA) is 162 Å². The summed E-state index contributed by atoms with van der Waals surface area (Å²) in [6, 6.07) is 76.0. The van der Waals surface area contributed by atoms with Crippen molar-refractivity contribution in [2.75, 3.05) is 0 Å². The van der Waals surface area contributed by atoms with Crippen molar-refractivity contribution in [2.24, 2.45) is 23.7 Å². The summed E-state index contributed by atoms with van der Waals surface area (Å²) in [6.07, 6.45) is 9.72. The molecule has 0 aromatic heterocycles. The van der Waals surface area contributed by atoms with Crippen LogP contribution in [0.15, 0.2) is 237 Å². The SMILES string of the molecule is CC(c1ccccc1)(c1ccc(O)cc1)c1ccc(O)cc1.CC1(C)CC(c2ccc(O)cc2)(c2ccc(O)cc2)c2ccccc21.CC1(C)CC2(CC(C)(C)c3ccc(O)cc32)c2cc(O)ccc21.Oc1ccc(C2(c3ccc(O)cc3)C3CC4CC(C3)CC2C4)cc1. The molecule has 0 heterocycles. The molecule has 8 heteroatoms. The lowest BCUT2D eigenvalue weighted by molar-refractivity contribution is -0.0418. The molecular formula is C86H88O8. The van der Waals surface area contributed by atoms with Gasteiger partial charge in [-0.1, -0.05) is 181 Å². The predicted molar refractivity (Wildman–Crippen MR) is 375 cm³/mol. The highest BCUT2D eigenvalue weighted by molar-refractivity contribution is 5.63. The number of phenols is 8. The molecule has 7 aliphatic carbocycles. The third kappa shape index (κ3) is 11.0. The van der Waals surface area contributed by atoms with Gasteiger partial charge in [0, 0.05) is 21.7 Å². The lowest BCUT2D eigenvalue weighted by Gasteiger charge is -2.62. The van der Waals surface area contributed by atoms with E-state index in [1.807, 2.05) is 103 Å². The minimum Gasteiger partial charge on any atom is -0.508 e. The summed E-state index contributed by atoms with van der Waals surface area (Å²) in [5.74, 6) is 5.57. The summed E-state index contributed by atoms with van der Waals surface area (Å²) in [4.78, 5) is 0. The highest BCUT2D eigenvalue weighted by Gasteiger charge is 2.59. The molecular weight excluding hydrogens is 1160 g/mol. The van der Waals surface area contributed by atoms with Crippen molar-refractivity contribution in [3.05, 3.63) is 309 Å². The summed E-state index contributed by atoms with van der Waals surface area (Å²) in [7, 11) is 0. The van der Waals surface area contributed by atoms with Gasteiger partial charge >= 0.3 is 0 Å². The number of fused-ring (bicyclic) bond motifs is 5. The van der Waals surface area contributed by atoms with Crippen molar-refractivity contribution in [3.8, 4) is 46.0 Å². The molecule has 8 nitrogen and oxygen atoms in total. The van der Waals surface area contributed by atoms with Gasteiger partial charge < -0.3 is 40.9 Å². The summed E-state index contributed by atoms with van der Waals surface area (Å²) in [6.45, 7) is 15.9. The molecule has 480 valence electrons. The van der Waals surface area contributed by atoms with Crippen LogP contribution in [0.5, 0.6) is 46.0 Å². The van der Waals surface area contributed by atoms with Crippen molar-refractivity contribution in [1.82, 2.24) is 0 Å². The van der Waals surface area contributed by atoms with Crippen LogP contribution in [0, 0.1) is 23.7 Å². The zero-order valence-corrected chi connectivity index (χ0v) is 55.1. The first-order chi connectivity index (χ1) is 44.8. The molecule has 7 aliphatic rings. The minimum atomic E-state index is -0.358. The van der Waals surface area contributed by atoms with Gasteiger partial charge in [-0.05, 0) is 268 Å². The van der Waals surface area contributed by atoms with Crippen LogP contribution in [0.1, 0.15) is 172 Å². The van der Waals surface area contributed by atoms with Crippen LogP contribution in [-0.2, 0) is 37.9 Å². The Kier molecular flexibility index (Phi) is 16.1. The zero-order chi connectivity index (χ0) is 66.2. The van der Waals surface area contributed by atoms with E-state index < -0.39 is 0 Å². The van der Waals surface area contributed by atoms with Gasteiger partial charge in [-0.3, -0.25) is 0 Å². The van der Waals surface area contributed by atoms with Crippen molar-refractivity contribution in [1.29, 1.82) is 0 Å². The molecule has 0 amide bonds. The van der Waals surface area contributed by atoms with E-state index in [0.29, 0.717) is 34.8 Å². The molecule has 10 aromatic carbocycles. The number of hydrogen-bond donors (Lipinski definition) is 8. The molecule has 17 rings (SSSR count). The zero-order valence-electron chi connectivity index (χ0n) is 55.1. The Balaban J connectivity index is 0.000000114. The van der Waals surface area contributed by atoms with Crippen molar-refractivity contribution >= 4 is 0 Å². The molecule has 0 atom stereocenters. The molecule has 4 saturated carbocycles. The minimum absolute atomic E-state index is 0.0341. The maximum absolute atomic E-state index is 10.1. The lowest BCUT2D eigenvalue weighted by atomic mass is 9.42. The summed E-state index contributed by atoms with van der Waals surface area (Å²) in [5, 5.41) is 78.4. The van der Waals surface area contributed by atoms with Gasteiger partial charge in [0.2, 0.25) is 0 Å². The number of rotatable bonds is 7. The van der Waals surface area contributed by atoms with Crippen LogP contribution in [0.4, 0.5) is 0 Å². The van der Waals surface area contributed by atoms with Gasteiger partial charge in [0.05, 0.1) is 0 Å². The molecule has 8 N–H and O–H groups in total. The van der Waals surface area contributed by atoms with Crippen LogP contribution >= 0.6 is 0 Å². The molecule has 0 unspecified atom stereocenters. The molecule has 94 heavy (non-hydrogen) atoms. The fourth-order valence-corrected chi connectivity index (χ4v) is 19.2. The second-order valence-electron chi connectivity index (χ2n) is 30.1. The van der Waals surface area contributed by atoms with Crippen molar-refractivity contribution in [2.45, 2.75) is 138 Å². The van der Waals surface area contributed by atoms with E-state index in [4.69, 9.17) is 0 Å². The van der Waals surface area contributed by atoms with Gasteiger partial charge in [0.1, 0.15) is 46.0 Å². The molecule has 0 aliphatic heterocycles. The average Bonchev–Trinajstić information content (AvgIpc) is 1.31. The van der Waals surface area contributed by atoms with Crippen LogP contribution in [0.3, 0.4) is 0 Å². The van der Waals surface area contributed by atoms with E-state index in [0.717, 1.165) is 58.9 Å². The fraction of sp³-hybridized carbons (Fsp3) is 0.302. The quantitative estimate of drug-likeness (QED) is 0.0732. The highest BCUT2D eigenvalue weighted by atomic mass is 16.3. The number of benzene rings is 10. The van der Waals surface area contributed by atoms with Gasteiger partial charge in [0.15, 0.2) is 0 Å². The van der Waals surface area contributed by atoms with E-state index in [2.05, 4.69) is 121 Å². The Morgan fingerprint density at radius 2 is 0.585 bits per heavy atom. The summed E-state index contributed by atoms with van der Waals surface area (Å²) < 4.78 is 0. The summed E-state index contributed by atoms with van der Waals surface area (Å²) >= 11 is 0. The van der Waals surface area contributed by atoms with Gasteiger partial charge in [-0.25, -0.2) is 0 Å². The standard InChI is InChI=1S/C23H22O2.C22H24O2.C21H24O2.C20H18O2/c1-22(2)15-23(16-7-11-18(24)12-8-16,17-9-13-19(25)14-10-17)21-6-4-3-5-20(21)22;23-20-5-1-16(2-6-20)22(17-3-7-21(24)8-4-17)18-10-14-9-15(12-18)13-19(22)11-14;1-19(2)11-21(17-9-13(22)5-7-15(17)19)12-20(3,4)16-8-6-14(23)10-18(16)21;1-20(15-5-3-2-4-6-15,16-7-11-18(21)12-8-16)17-9-13-19(22)14-10-17/h3-14,24-25H,15H2,1-2H3;1-8,14-15,18-19,23-24H,9-13H2;5-10,22-23H,11-12H2,1-4H3;2-14,21-22H,1H3. The number of hydrogen-bond acceptors (Lipinski definition) is 8. The maximum Gasteiger partial charge on any atom is 0.115 e. The van der Waals surface area contributed by atoms with Crippen LogP contribution in [0.2, 0.25) is 0 Å². The Morgan fingerprint density at radius 3 is 0.968 bits per heavy atom. The number of phenolic OH excluding ortho intramolecular Hbond substituents is 8. The fourth-order valence-electron chi connectivity index (χ4n) is 19.2. The number of aromatic hydroxyl groups is 8. The summed E-state index contributed by atoms with van der Waals surface area (Å²) in [5.41, 5.74) is 15.6. The monoisotopic (exact) mass is 1250 g/mol. The Morgan fingerprint density at radius 1 is 0.287 bits per heavy atom. The second-order valence-corrected chi connectivity index (χ2v) is 30.1. The normalized spacial score (nSPS) is 21.0. The molecule has 0 radical (unpaired) electrons. The lowest BCUT2D eigenvalue weighted by Crippen LogP contribution is -2.56. The second kappa shape index (κ2) is 23.9. The first kappa shape index (κ1) is 63.4. The largest absolute Gasteiger partial charge is 0.508 e. The van der Waals surface area contributed by atoms with Crippen LogP contribution < -0.4 is 0 Å². The van der Waals surface area contributed by atoms with Gasteiger partial charge in [-0.15, -0.1) is 0 Å². The maximum atomic E-state index is 10.1. The highest BCUT2D eigenvalue weighted by Crippen LogP contribution is 2.66. The van der Waals surface area contributed by atoms with Crippen LogP contribution in [-0.4, -0.2) is 40.9 Å². The van der Waals surface area contributed by atoms with Crippen LogP contribution in [0.25, 0.3) is 0 Å². The Hall–Kier alpha value is -9.40. The van der Waals surface area contributed by atoms with E-state index >= 15 is 0 Å². The first-order valence-electron chi connectivity index (χ1n) is 33.5. The third-order valence-electron chi connectivity index (χ3n) is 22.9. The van der Waals surface area contributed by atoms with Gasteiger partial charge in [0.25, 0.3) is 0 Å². The Labute approximate surface area is 554 Å². The molecule has 4 bridgehead atoms. The van der Waals surface area contributed by atoms with Gasteiger partial charge in [-0.2, -0.15) is 0 Å². The average molecular weight is 1250 g/mol. The Bertz CT molecular complexity index is 4100. The molecule has 4 fully saturated rings. The smallest absolute Gasteiger partial charge is 0.115 e. The molecule has 0 saturated heterocycles. The van der Waals surface area contributed by atoms with E-state index in [1.165, 1.54) is 76.6 Å². The van der Waals surface area contributed by atoms with E-state index in [9.17, 15) is 40.9 Å². The predicted octanol–water partition coefficient (Wildman–Crippen LogP) is 19.2. The third-order valence-corrected chi connectivity index (χ3v) is 22.9. The molecule has 1 spiro atoms. The van der Waals surface area contributed by atoms with Crippen molar-refractivity contribution < 1.29 is 40.9 Å². The first-order valence-corrected chi connectivity index (χ1v) is 33.5. The van der Waals surface area contributed by atoms with E-state index in [1.54, 1.807) is 60.7 Å². The van der Waals surface area contributed by atoms with Crippen molar-refractivity contribution in [3.63, 3.8) is 0 Å². The molecule has 10 aromatic rings.